The van der Waals surface area contributed by atoms with E-state index in [1.54, 1.807) is 6.20 Å². The van der Waals surface area contributed by atoms with Gasteiger partial charge in [0.2, 0.25) is 5.91 Å². The normalized spacial score (nSPS) is 20.3. The Balaban J connectivity index is 1.42. The predicted octanol–water partition coefficient (Wildman–Crippen LogP) is 3.15. The molecule has 2 fully saturated rings. The van der Waals surface area contributed by atoms with Gasteiger partial charge in [0, 0.05) is 38.6 Å². The van der Waals surface area contributed by atoms with E-state index in [1.807, 2.05) is 24.0 Å². The van der Waals surface area contributed by atoms with Gasteiger partial charge in [-0.05, 0) is 30.0 Å². The smallest absolute Gasteiger partial charge is 0.234 e. The first-order valence-corrected chi connectivity index (χ1v) is 9.83. The first kappa shape index (κ1) is 16.6. The summed E-state index contributed by atoms with van der Waals surface area (Å²) in [5.41, 5.74) is 2.48. The summed E-state index contributed by atoms with van der Waals surface area (Å²) in [6, 6.07) is 14.6. The van der Waals surface area contributed by atoms with Crippen molar-refractivity contribution in [3.8, 4) is 0 Å². The van der Waals surface area contributed by atoms with E-state index >= 15 is 0 Å². The van der Waals surface area contributed by atoms with Gasteiger partial charge in [-0.15, -0.1) is 11.8 Å². The van der Waals surface area contributed by atoms with Gasteiger partial charge in [0.1, 0.15) is 0 Å². The van der Waals surface area contributed by atoms with Crippen LogP contribution in [0.2, 0.25) is 0 Å². The van der Waals surface area contributed by atoms with Crippen LogP contribution in [0, 0.1) is 0 Å². The molecule has 4 nitrogen and oxygen atoms in total. The fraction of sp³-hybridized carbons (Fsp3) is 0.400. The molecule has 0 radical (unpaired) electrons. The van der Waals surface area contributed by atoms with E-state index in [1.165, 1.54) is 5.56 Å². The number of nitrogens with zero attached hydrogens (tertiary/aromatic N) is 3. The number of thioether (sulfide) groups is 1. The zero-order chi connectivity index (χ0) is 17.1. The molecule has 0 unspecified atom stereocenters. The minimum absolute atomic E-state index is 0.0277. The minimum atomic E-state index is -0.0277. The number of carbonyl (C=O) groups is 1. The summed E-state index contributed by atoms with van der Waals surface area (Å²) in [6.45, 7) is 3.76. The SMILES string of the molecule is O=C1CSC2(CCN(Cc3ccccc3)CC2)N1Cc1cccnc1. The summed E-state index contributed by atoms with van der Waals surface area (Å²) in [5, 5.41) is 0. The molecular weight excluding hydrogens is 330 g/mol. The summed E-state index contributed by atoms with van der Waals surface area (Å²) in [5.74, 6) is 0.879. The second kappa shape index (κ2) is 7.18. The number of piperidine rings is 1. The fourth-order valence-corrected chi connectivity index (χ4v) is 5.14. The first-order valence-electron chi connectivity index (χ1n) is 8.85. The number of benzene rings is 1. The van der Waals surface area contributed by atoms with Crippen LogP contribution in [0.4, 0.5) is 0 Å². The summed E-state index contributed by atoms with van der Waals surface area (Å²) in [7, 11) is 0. The molecule has 0 atom stereocenters. The lowest BCUT2D eigenvalue weighted by Gasteiger charge is -2.44. The average Bonchev–Trinajstić information content (AvgIpc) is 2.95. The lowest BCUT2D eigenvalue weighted by Crippen LogP contribution is -2.51. The van der Waals surface area contributed by atoms with E-state index in [9.17, 15) is 4.79 Å². The van der Waals surface area contributed by atoms with Gasteiger partial charge in [-0.2, -0.15) is 0 Å². The number of rotatable bonds is 4. The number of likely N-dealkylation sites (tertiary alicyclic amines) is 1. The van der Waals surface area contributed by atoms with Gasteiger partial charge in [-0.1, -0.05) is 36.4 Å². The molecule has 0 bridgehead atoms. The number of hydrogen-bond acceptors (Lipinski definition) is 4. The first-order chi connectivity index (χ1) is 12.3. The van der Waals surface area contributed by atoms with Gasteiger partial charge in [0.25, 0.3) is 0 Å². The van der Waals surface area contributed by atoms with Crippen LogP contribution in [0.3, 0.4) is 0 Å². The molecule has 0 saturated carbocycles. The summed E-state index contributed by atoms with van der Waals surface area (Å²) in [6.07, 6.45) is 5.73. The zero-order valence-electron chi connectivity index (χ0n) is 14.3. The summed E-state index contributed by atoms with van der Waals surface area (Å²) in [4.78, 5) is 21.3. The van der Waals surface area contributed by atoms with Crippen molar-refractivity contribution in [2.45, 2.75) is 30.8 Å². The van der Waals surface area contributed by atoms with E-state index in [2.05, 4.69) is 51.2 Å². The van der Waals surface area contributed by atoms with Gasteiger partial charge in [-0.3, -0.25) is 14.7 Å². The van der Waals surface area contributed by atoms with Crippen molar-refractivity contribution in [1.82, 2.24) is 14.8 Å². The van der Waals surface area contributed by atoms with Crippen molar-refractivity contribution in [3.63, 3.8) is 0 Å². The molecule has 5 heteroatoms. The van der Waals surface area contributed by atoms with E-state index < -0.39 is 0 Å². The van der Waals surface area contributed by atoms with E-state index in [0.29, 0.717) is 12.3 Å². The van der Waals surface area contributed by atoms with Crippen molar-refractivity contribution in [3.05, 3.63) is 66.0 Å². The quantitative estimate of drug-likeness (QED) is 0.846. The van der Waals surface area contributed by atoms with Crippen LogP contribution in [-0.2, 0) is 17.9 Å². The van der Waals surface area contributed by atoms with Crippen LogP contribution in [0.5, 0.6) is 0 Å². The van der Waals surface area contributed by atoms with Crippen molar-refractivity contribution in [2.75, 3.05) is 18.8 Å². The van der Waals surface area contributed by atoms with Crippen LogP contribution in [-0.4, -0.2) is 44.4 Å². The van der Waals surface area contributed by atoms with Gasteiger partial charge < -0.3 is 4.90 Å². The molecule has 2 saturated heterocycles. The van der Waals surface area contributed by atoms with Crippen LogP contribution in [0.15, 0.2) is 54.9 Å². The van der Waals surface area contributed by atoms with Crippen molar-refractivity contribution < 1.29 is 4.79 Å². The third-order valence-corrected chi connectivity index (χ3v) is 6.76. The van der Waals surface area contributed by atoms with Gasteiger partial charge >= 0.3 is 0 Å². The Hall–Kier alpha value is -1.85. The van der Waals surface area contributed by atoms with Crippen molar-refractivity contribution >= 4 is 17.7 Å². The van der Waals surface area contributed by atoms with Crippen LogP contribution < -0.4 is 0 Å². The Morgan fingerprint density at radius 1 is 1.00 bits per heavy atom. The third-order valence-electron chi connectivity index (χ3n) is 5.21. The molecule has 1 aromatic heterocycles. The molecule has 1 spiro atoms. The Kier molecular flexibility index (Phi) is 4.77. The van der Waals surface area contributed by atoms with E-state index in [4.69, 9.17) is 0 Å². The fourth-order valence-electron chi connectivity index (χ4n) is 3.80. The molecule has 2 aliphatic rings. The molecule has 4 rings (SSSR count). The highest BCUT2D eigenvalue weighted by molar-refractivity contribution is 8.01. The van der Waals surface area contributed by atoms with Gasteiger partial charge in [0.15, 0.2) is 0 Å². The lowest BCUT2D eigenvalue weighted by molar-refractivity contribution is -0.132. The Morgan fingerprint density at radius 2 is 1.76 bits per heavy atom. The molecule has 130 valence electrons. The molecule has 3 heterocycles. The standard InChI is InChI=1S/C20H23N3OS/c24-19-16-25-20(23(19)15-18-7-4-10-21-13-18)8-11-22(12-9-20)14-17-5-2-1-3-6-17/h1-7,10,13H,8-9,11-12,14-16H2. The van der Waals surface area contributed by atoms with Crippen LogP contribution in [0.1, 0.15) is 24.0 Å². The second-order valence-electron chi connectivity index (χ2n) is 6.84. The maximum atomic E-state index is 12.5. The number of amides is 1. The third kappa shape index (κ3) is 3.58. The highest BCUT2D eigenvalue weighted by Crippen LogP contribution is 2.45. The van der Waals surface area contributed by atoms with Gasteiger partial charge in [0.05, 0.1) is 10.6 Å². The summed E-state index contributed by atoms with van der Waals surface area (Å²) >= 11 is 1.84. The zero-order valence-corrected chi connectivity index (χ0v) is 15.1. The summed E-state index contributed by atoms with van der Waals surface area (Å²) < 4.78 is 0. The molecule has 0 aliphatic carbocycles. The Morgan fingerprint density at radius 3 is 2.48 bits per heavy atom. The Labute approximate surface area is 153 Å². The molecular formula is C20H23N3OS. The average molecular weight is 353 g/mol. The monoisotopic (exact) mass is 353 g/mol. The molecule has 25 heavy (non-hydrogen) atoms. The highest BCUT2D eigenvalue weighted by Gasteiger charge is 2.47. The predicted molar refractivity (Wildman–Crippen MR) is 101 cm³/mol. The largest absolute Gasteiger partial charge is 0.323 e. The number of hydrogen-bond donors (Lipinski definition) is 0. The molecule has 2 aliphatic heterocycles. The maximum Gasteiger partial charge on any atom is 0.234 e. The van der Waals surface area contributed by atoms with Gasteiger partial charge in [-0.25, -0.2) is 0 Å². The van der Waals surface area contributed by atoms with E-state index in [-0.39, 0.29) is 10.8 Å². The lowest BCUT2D eigenvalue weighted by atomic mass is 10.0. The van der Waals surface area contributed by atoms with Crippen LogP contribution >= 0.6 is 11.8 Å². The maximum absolute atomic E-state index is 12.5. The number of carbonyl (C=O) groups excluding carboxylic acids is 1. The highest BCUT2D eigenvalue weighted by atomic mass is 32.2. The number of pyridine rings is 1. The second-order valence-corrected chi connectivity index (χ2v) is 8.18. The molecule has 1 aromatic carbocycles. The molecule has 0 N–H and O–H groups in total. The minimum Gasteiger partial charge on any atom is -0.323 e. The van der Waals surface area contributed by atoms with Crippen molar-refractivity contribution in [2.24, 2.45) is 0 Å². The molecule has 1 amide bonds. The van der Waals surface area contributed by atoms with E-state index in [0.717, 1.165) is 38.0 Å². The Bertz CT molecular complexity index is 714. The van der Waals surface area contributed by atoms with Crippen LogP contribution in [0.25, 0.3) is 0 Å². The van der Waals surface area contributed by atoms with Crippen molar-refractivity contribution in [1.29, 1.82) is 0 Å². The topological polar surface area (TPSA) is 36.4 Å². The molecule has 2 aromatic rings. The number of aromatic nitrogens is 1.